The molecule has 0 aliphatic carbocycles. The first-order valence-electron chi connectivity index (χ1n) is 15.0. The van der Waals surface area contributed by atoms with E-state index < -0.39 is 0 Å². The van der Waals surface area contributed by atoms with Crippen molar-refractivity contribution in [3.05, 3.63) is 146 Å². The monoisotopic (exact) mass is 592 g/mol. The normalized spacial score (nSPS) is 12.1. The van der Waals surface area contributed by atoms with Crippen LogP contribution in [-0.2, 0) is 0 Å². The Balaban J connectivity index is 1.22. The molecule has 8 aromatic carbocycles. The lowest BCUT2D eigenvalue weighted by molar-refractivity contribution is 1.66. The van der Waals surface area contributed by atoms with E-state index >= 15 is 0 Å². The Kier molecular flexibility index (Phi) is 5.13. The summed E-state index contributed by atoms with van der Waals surface area (Å²) >= 11 is 3.83. The number of rotatable bonds is 2. The van der Waals surface area contributed by atoms with Crippen LogP contribution < -0.4 is 0 Å². The SMILES string of the molecule is c1ccc(-c2c3ccccc3c(-c3ccc4c(c3)sc3cc5sc6cc7ccccc7cc6c5cc34)c3ccccc23)cc1. The molecule has 0 saturated carbocycles. The zero-order valence-corrected chi connectivity index (χ0v) is 25.3. The minimum absolute atomic E-state index is 1.26. The van der Waals surface area contributed by atoms with Crippen LogP contribution in [0.1, 0.15) is 0 Å². The molecule has 204 valence electrons. The first-order valence-corrected chi connectivity index (χ1v) is 16.6. The standard InChI is InChI=1S/C42H24S2/c1-2-10-25(11-3-1)41-30-14-6-8-16-32(30)42(33-17-9-7-15-31(33)41)28-18-19-29-35-23-36-34-20-26-12-4-5-13-27(26)21-38(34)44-40(36)24-39(35)43-37(29)22-28/h1-24H. The Hall–Kier alpha value is -5.02. The largest absolute Gasteiger partial charge is 0.135 e. The van der Waals surface area contributed by atoms with Crippen LogP contribution in [-0.4, -0.2) is 0 Å². The maximum Gasteiger partial charge on any atom is 0.0369 e. The summed E-state index contributed by atoms with van der Waals surface area (Å²) in [7, 11) is 0. The van der Waals surface area contributed by atoms with E-state index in [9.17, 15) is 0 Å². The Morgan fingerprint density at radius 1 is 0.273 bits per heavy atom. The van der Waals surface area contributed by atoms with Crippen LogP contribution in [0.5, 0.6) is 0 Å². The van der Waals surface area contributed by atoms with Crippen molar-refractivity contribution in [1.82, 2.24) is 0 Å². The predicted octanol–water partition coefficient (Wildman–Crippen LogP) is 13.2. The van der Waals surface area contributed by atoms with Crippen molar-refractivity contribution >= 4 is 95.3 Å². The number of thiophene rings is 2. The minimum atomic E-state index is 1.26. The summed E-state index contributed by atoms with van der Waals surface area (Å²) in [5, 5.41) is 13.2. The van der Waals surface area contributed by atoms with Gasteiger partial charge in [0.1, 0.15) is 0 Å². The number of hydrogen-bond donors (Lipinski definition) is 0. The number of hydrogen-bond acceptors (Lipinski definition) is 2. The predicted molar refractivity (Wildman–Crippen MR) is 196 cm³/mol. The molecule has 0 bridgehead atoms. The fourth-order valence-corrected chi connectivity index (χ4v) is 9.64. The quantitative estimate of drug-likeness (QED) is 0.175. The molecule has 44 heavy (non-hydrogen) atoms. The van der Waals surface area contributed by atoms with E-state index in [0.717, 1.165) is 0 Å². The highest BCUT2D eigenvalue weighted by Gasteiger charge is 2.18. The van der Waals surface area contributed by atoms with Crippen molar-refractivity contribution in [1.29, 1.82) is 0 Å². The summed E-state index contributed by atoms with van der Waals surface area (Å²) in [6, 6.07) is 54.1. The molecule has 0 aliphatic rings. The van der Waals surface area contributed by atoms with Crippen molar-refractivity contribution in [3.8, 4) is 22.3 Å². The van der Waals surface area contributed by atoms with Gasteiger partial charge < -0.3 is 0 Å². The second-order valence-electron chi connectivity index (χ2n) is 11.7. The second-order valence-corrected chi connectivity index (χ2v) is 13.8. The van der Waals surface area contributed by atoms with Gasteiger partial charge >= 0.3 is 0 Å². The zero-order chi connectivity index (χ0) is 28.8. The molecule has 2 aromatic heterocycles. The van der Waals surface area contributed by atoms with Crippen LogP contribution in [0.25, 0.3) is 94.9 Å². The summed E-state index contributed by atoms with van der Waals surface area (Å²) in [6.07, 6.45) is 0. The summed E-state index contributed by atoms with van der Waals surface area (Å²) in [4.78, 5) is 0. The molecule has 10 aromatic rings. The molecule has 2 heterocycles. The van der Waals surface area contributed by atoms with Gasteiger partial charge in [-0.25, -0.2) is 0 Å². The average molecular weight is 593 g/mol. The number of fused-ring (bicyclic) bond motifs is 9. The fraction of sp³-hybridized carbons (Fsp3) is 0. The van der Waals surface area contributed by atoms with Crippen molar-refractivity contribution in [2.45, 2.75) is 0 Å². The van der Waals surface area contributed by atoms with Gasteiger partial charge in [-0.3, -0.25) is 0 Å². The van der Waals surface area contributed by atoms with Gasteiger partial charge in [0, 0.05) is 40.3 Å². The summed E-state index contributed by atoms with van der Waals surface area (Å²) in [5.74, 6) is 0. The third kappa shape index (κ3) is 3.50. The molecule has 0 N–H and O–H groups in total. The lowest BCUT2D eigenvalue weighted by Gasteiger charge is -2.17. The molecular weight excluding hydrogens is 569 g/mol. The van der Waals surface area contributed by atoms with Crippen LogP contribution in [0.2, 0.25) is 0 Å². The van der Waals surface area contributed by atoms with E-state index in [4.69, 9.17) is 0 Å². The minimum Gasteiger partial charge on any atom is -0.135 e. The van der Waals surface area contributed by atoms with Gasteiger partial charge in [0.05, 0.1) is 0 Å². The molecule has 0 atom stereocenters. The van der Waals surface area contributed by atoms with Crippen LogP contribution in [0.15, 0.2) is 146 Å². The molecule has 0 fully saturated rings. The van der Waals surface area contributed by atoms with Crippen molar-refractivity contribution < 1.29 is 0 Å². The van der Waals surface area contributed by atoms with Gasteiger partial charge in [-0.1, -0.05) is 115 Å². The van der Waals surface area contributed by atoms with Crippen molar-refractivity contribution in [2.75, 3.05) is 0 Å². The maximum absolute atomic E-state index is 2.44. The summed E-state index contributed by atoms with van der Waals surface area (Å²) < 4.78 is 5.42. The molecule has 0 nitrogen and oxygen atoms in total. The Labute approximate surface area is 262 Å². The van der Waals surface area contributed by atoms with Crippen LogP contribution in [0.3, 0.4) is 0 Å². The van der Waals surface area contributed by atoms with Gasteiger partial charge in [0.2, 0.25) is 0 Å². The van der Waals surface area contributed by atoms with E-state index in [-0.39, 0.29) is 0 Å². The summed E-state index contributed by atoms with van der Waals surface area (Å²) in [5.41, 5.74) is 5.15. The molecule has 0 spiro atoms. The highest BCUT2D eigenvalue weighted by atomic mass is 32.1. The van der Waals surface area contributed by atoms with Gasteiger partial charge in [0.15, 0.2) is 0 Å². The third-order valence-corrected chi connectivity index (χ3v) is 11.4. The highest BCUT2D eigenvalue weighted by Crippen LogP contribution is 2.47. The topological polar surface area (TPSA) is 0 Å². The van der Waals surface area contributed by atoms with Crippen molar-refractivity contribution in [3.63, 3.8) is 0 Å². The molecule has 2 heteroatoms. The van der Waals surface area contributed by atoms with Gasteiger partial charge in [-0.2, -0.15) is 0 Å². The van der Waals surface area contributed by atoms with Gasteiger partial charge in [-0.05, 0) is 84.9 Å². The lowest BCUT2D eigenvalue weighted by atomic mass is 9.86. The molecule has 0 aliphatic heterocycles. The van der Waals surface area contributed by atoms with Crippen LogP contribution in [0.4, 0.5) is 0 Å². The molecule has 0 unspecified atom stereocenters. The van der Waals surface area contributed by atoms with Crippen LogP contribution in [0, 0.1) is 0 Å². The first-order chi connectivity index (χ1) is 21.8. The highest BCUT2D eigenvalue weighted by molar-refractivity contribution is 7.28. The van der Waals surface area contributed by atoms with Crippen LogP contribution >= 0.6 is 22.7 Å². The summed E-state index contributed by atoms with van der Waals surface area (Å²) in [6.45, 7) is 0. The average Bonchev–Trinajstić information content (AvgIpc) is 3.61. The van der Waals surface area contributed by atoms with Gasteiger partial charge in [-0.15, -0.1) is 22.7 Å². The fourth-order valence-electron chi connectivity index (χ4n) is 7.24. The molecule has 0 amide bonds. The van der Waals surface area contributed by atoms with E-state index in [0.29, 0.717) is 0 Å². The maximum atomic E-state index is 2.44. The molecule has 0 saturated heterocycles. The van der Waals surface area contributed by atoms with Gasteiger partial charge in [0.25, 0.3) is 0 Å². The first kappa shape index (κ1) is 24.4. The van der Waals surface area contributed by atoms with E-state index in [2.05, 4.69) is 146 Å². The van der Waals surface area contributed by atoms with Crippen molar-refractivity contribution in [2.24, 2.45) is 0 Å². The zero-order valence-electron chi connectivity index (χ0n) is 23.7. The number of benzene rings is 8. The van der Waals surface area contributed by atoms with E-state index in [1.807, 2.05) is 22.7 Å². The lowest BCUT2D eigenvalue weighted by Crippen LogP contribution is -1.90. The molecule has 0 radical (unpaired) electrons. The smallest absolute Gasteiger partial charge is 0.0369 e. The third-order valence-electron chi connectivity index (χ3n) is 9.21. The molecule has 10 rings (SSSR count). The Bertz CT molecular complexity index is 2700. The van der Waals surface area contributed by atoms with E-state index in [1.165, 1.54) is 94.9 Å². The Morgan fingerprint density at radius 3 is 1.41 bits per heavy atom. The Morgan fingerprint density at radius 2 is 0.750 bits per heavy atom. The van der Waals surface area contributed by atoms with E-state index in [1.54, 1.807) is 0 Å². The molecular formula is C42H24S2. The second kappa shape index (κ2) is 9.24.